The van der Waals surface area contributed by atoms with Gasteiger partial charge in [0.05, 0.1) is 5.60 Å². The second-order valence-electron chi connectivity index (χ2n) is 6.96. The van der Waals surface area contributed by atoms with E-state index < -0.39 is 5.60 Å². The molecule has 0 radical (unpaired) electrons. The fraction of sp³-hybridized carbons (Fsp3) is 1.00. The number of hydrogen-bond acceptors (Lipinski definition) is 2. The largest absolute Gasteiger partial charge is 0.389 e. The van der Waals surface area contributed by atoms with Gasteiger partial charge >= 0.3 is 0 Å². The van der Waals surface area contributed by atoms with Crippen molar-refractivity contribution in [1.82, 2.24) is 0 Å². The minimum absolute atomic E-state index is 0.0721. The molecule has 0 aromatic heterocycles. The molecule has 2 saturated carbocycles. The van der Waals surface area contributed by atoms with E-state index in [1.165, 1.54) is 25.7 Å². The first-order valence-electron chi connectivity index (χ1n) is 7.44. The van der Waals surface area contributed by atoms with Crippen LogP contribution in [0.3, 0.4) is 0 Å². The molecule has 100 valence electrons. The van der Waals surface area contributed by atoms with Crippen LogP contribution in [0.2, 0.25) is 0 Å². The Morgan fingerprint density at radius 1 is 1.24 bits per heavy atom. The predicted molar refractivity (Wildman–Crippen MR) is 71.7 cm³/mol. The topological polar surface area (TPSA) is 46.2 Å². The Hall–Kier alpha value is -0.0800. The Kier molecular flexibility index (Phi) is 3.84. The van der Waals surface area contributed by atoms with E-state index in [0.717, 1.165) is 37.5 Å². The Bertz CT molecular complexity index is 254. The number of aliphatic hydroxyl groups is 1. The molecule has 0 amide bonds. The summed E-state index contributed by atoms with van der Waals surface area (Å²) in [5.41, 5.74) is 5.60. The lowest BCUT2D eigenvalue weighted by Gasteiger charge is -2.56. The minimum atomic E-state index is -0.447. The molecule has 0 aromatic rings. The molecule has 2 rings (SSSR count). The molecular weight excluding hydrogens is 210 g/mol. The maximum atomic E-state index is 11.0. The molecule has 2 atom stereocenters. The molecule has 0 heterocycles. The van der Waals surface area contributed by atoms with E-state index in [9.17, 15) is 5.11 Å². The Morgan fingerprint density at radius 2 is 1.94 bits per heavy atom. The van der Waals surface area contributed by atoms with Crippen molar-refractivity contribution in [1.29, 1.82) is 0 Å². The first kappa shape index (κ1) is 13.4. The summed E-state index contributed by atoms with van der Waals surface area (Å²) in [7, 11) is 0. The molecule has 3 N–H and O–H groups in total. The fourth-order valence-electron chi connectivity index (χ4n) is 4.18. The van der Waals surface area contributed by atoms with E-state index in [1.807, 2.05) is 0 Å². The number of nitrogens with two attached hydrogens (primary N) is 1. The lowest BCUT2D eigenvalue weighted by molar-refractivity contribution is -0.153. The monoisotopic (exact) mass is 239 g/mol. The van der Waals surface area contributed by atoms with Crippen molar-refractivity contribution in [2.75, 3.05) is 6.54 Å². The summed E-state index contributed by atoms with van der Waals surface area (Å²) in [6.45, 7) is 5.25. The summed E-state index contributed by atoms with van der Waals surface area (Å²) in [5.74, 6) is 1.47. The van der Waals surface area contributed by atoms with Crippen LogP contribution >= 0.6 is 0 Å². The summed E-state index contributed by atoms with van der Waals surface area (Å²) < 4.78 is 0. The summed E-state index contributed by atoms with van der Waals surface area (Å²) in [6.07, 6.45) is 9.30. The highest BCUT2D eigenvalue weighted by atomic mass is 16.3. The number of hydrogen-bond donors (Lipinski definition) is 2. The highest BCUT2D eigenvalue weighted by Gasteiger charge is 2.54. The molecule has 0 aromatic carbocycles. The standard InChI is InChI=1S/C15H29NO/c1-12(2)9-13-5-3-8-15(17,10-13)14(11-16)6-4-7-14/h12-13,17H,3-11,16H2,1-2H3. The highest BCUT2D eigenvalue weighted by molar-refractivity contribution is 5.06. The lowest BCUT2D eigenvalue weighted by atomic mass is 9.53. The third kappa shape index (κ3) is 2.39. The minimum Gasteiger partial charge on any atom is -0.389 e. The van der Waals surface area contributed by atoms with Gasteiger partial charge in [0.25, 0.3) is 0 Å². The Morgan fingerprint density at radius 3 is 2.41 bits per heavy atom. The van der Waals surface area contributed by atoms with Crippen LogP contribution in [0.25, 0.3) is 0 Å². The zero-order valence-corrected chi connectivity index (χ0v) is 11.5. The van der Waals surface area contributed by atoms with E-state index >= 15 is 0 Å². The van der Waals surface area contributed by atoms with Gasteiger partial charge in [-0.3, -0.25) is 0 Å². The van der Waals surface area contributed by atoms with Crippen molar-refractivity contribution < 1.29 is 5.11 Å². The molecule has 0 saturated heterocycles. The van der Waals surface area contributed by atoms with Crippen LogP contribution in [0.4, 0.5) is 0 Å². The van der Waals surface area contributed by atoms with Crippen molar-refractivity contribution >= 4 is 0 Å². The summed E-state index contributed by atoms with van der Waals surface area (Å²) in [6, 6.07) is 0. The molecule has 17 heavy (non-hydrogen) atoms. The van der Waals surface area contributed by atoms with Crippen molar-refractivity contribution in [3.8, 4) is 0 Å². The highest BCUT2D eigenvalue weighted by Crippen LogP contribution is 2.55. The van der Waals surface area contributed by atoms with Crippen molar-refractivity contribution in [3.63, 3.8) is 0 Å². The van der Waals surface area contributed by atoms with Crippen LogP contribution in [-0.2, 0) is 0 Å². The quantitative estimate of drug-likeness (QED) is 0.792. The Labute approximate surface area is 106 Å². The van der Waals surface area contributed by atoms with Crippen molar-refractivity contribution in [3.05, 3.63) is 0 Å². The van der Waals surface area contributed by atoms with Gasteiger partial charge in [0, 0.05) is 12.0 Å². The molecule has 0 spiro atoms. The molecule has 2 nitrogen and oxygen atoms in total. The third-order valence-corrected chi connectivity index (χ3v) is 5.32. The molecule has 2 aliphatic carbocycles. The molecule has 0 aliphatic heterocycles. The van der Waals surface area contributed by atoms with Gasteiger partial charge in [-0.1, -0.05) is 33.1 Å². The lowest BCUT2D eigenvalue weighted by Crippen LogP contribution is -2.58. The maximum Gasteiger partial charge on any atom is 0.0718 e. The molecular formula is C15H29NO. The molecule has 2 heteroatoms. The Balaban J connectivity index is 2.04. The van der Waals surface area contributed by atoms with E-state index in [-0.39, 0.29) is 5.41 Å². The molecule has 0 bridgehead atoms. The van der Waals surface area contributed by atoms with Gasteiger partial charge < -0.3 is 10.8 Å². The maximum absolute atomic E-state index is 11.0. The SMILES string of the molecule is CC(C)CC1CCCC(O)(C2(CN)CCC2)C1. The second-order valence-corrected chi connectivity index (χ2v) is 6.96. The van der Waals surface area contributed by atoms with E-state index in [2.05, 4.69) is 13.8 Å². The van der Waals surface area contributed by atoms with Gasteiger partial charge in [0.15, 0.2) is 0 Å². The van der Waals surface area contributed by atoms with E-state index in [4.69, 9.17) is 5.73 Å². The zero-order chi connectivity index (χ0) is 12.5. The van der Waals surface area contributed by atoms with Crippen LogP contribution in [-0.4, -0.2) is 17.3 Å². The normalized spacial score (nSPS) is 36.9. The first-order valence-corrected chi connectivity index (χ1v) is 7.44. The molecule has 2 aliphatic rings. The second kappa shape index (κ2) is 4.89. The van der Waals surface area contributed by atoms with Crippen LogP contribution in [0, 0.1) is 17.3 Å². The van der Waals surface area contributed by atoms with Crippen LogP contribution in [0.15, 0.2) is 0 Å². The van der Waals surface area contributed by atoms with Gasteiger partial charge in [-0.2, -0.15) is 0 Å². The van der Waals surface area contributed by atoms with Gasteiger partial charge in [-0.15, -0.1) is 0 Å². The van der Waals surface area contributed by atoms with E-state index in [0.29, 0.717) is 6.54 Å². The van der Waals surface area contributed by atoms with Gasteiger partial charge in [-0.25, -0.2) is 0 Å². The number of rotatable bonds is 4. The smallest absolute Gasteiger partial charge is 0.0718 e. The fourth-order valence-corrected chi connectivity index (χ4v) is 4.18. The summed E-state index contributed by atoms with van der Waals surface area (Å²) in [4.78, 5) is 0. The summed E-state index contributed by atoms with van der Waals surface area (Å²) in [5, 5.41) is 11.0. The third-order valence-electron chi connectivity index (χ3n) is 5.32. The van der Waals surface area contributed by atoms with Crippen molar-refractivity contribution in [2.24, 2.45) is 23.0 Å². The van der Waals surface area contributed by atoms with Gasteiger partial charge in [0.2, 0.25) is 0 Å². The first-order chi connectivity index (χ1) is 8.01. The van der Waals surface area contributed by atoms with Gasteiger partial charge in [0.1, 0.15) is 0 Å². The van der Waals surface area contributed by atoms with Crippen LogP contribution < -0.4 is 5.73 Å². The molecule has 2 fully saturated rings. The zero-order valence-electron chi connectivity index (χ0n) is 11.5. The van der Waals surface area contributed by atoms with E-state index in [1.54, 1.807) is 0 Å². The molecule has 2 unspecified atom stereocenters. The average Bonchev–Trinajstić information content (AvgIpc) is 2.14. The average molecular weight is 239 g/mol. The van der Waals surface area contributed by atoms with Crippen molar-refractivity contribution in [2.45, 2.75) is 70.8 Å². The van der Waals surface area contributed by atoms with Gasteiger partial charge in [-0.05, 0) is 43.9 Å². The van der Waals surface area contributed by atoms with Crippen LogP contribution in [0.1, 0.15) is 65.2 Å². The predicted octanol–water partition coefficient (Wildman–Crippen LogP) is 3.08. The summed E-state index contributed by atoms with van der Waals surface area (Å²) >= 11 is 0. The van der Waals surface area contributed by atoms with Crippen LogP contribution in [0.5, 0.6) is 0 Å².